The lowest BCUT2D eigenvalue weighted by Gasteiger charge is -2.14. The summed E-state index contributed by atoms with van der Waals surface area (Å²) < 4.78 is 5.80. The van der Waals surface area contributed by atoms with Gasteiger partial charge in [0.15, 0.2) is 6.10 Å². The van der Waals surface area contributed by atoms with Crippen LogP contribution in [0.5, 0.6) is 5.75 Å². The number of hydrazone groups is 1. The van der Waals surface area contributed by atoms with Crippen molar-refractivity contribution in [2.45, 2.75) is 20.0 Å². The molecule has 0 aromatic heterocycles. The Balaban J connectivity index is 1.42. The zero-order chi connectivity index (χ0) is 20.2. The number of carbonyl (C=O) groups excluding carboxylic acids is 1. The zero-order valence-corrected chi connectivity index (χ0v) is 16.4. The van der Waals surface area contributed by atoms with Crippen molar-refractivity contribution in [2.24, 2.45) is 5.10 Å². The first kappa shape index (κ1) is 18.7. The minimum Gasteiger partial charge on any atom is -0.481 e. The molecule has 4 rings (SSSR count). The molecule has 0 aliphatic heterocycles. The van der Waals surface area contributed by atoms with Gasteiger partial charge in [-0.1, -0.05) is 66.7 Å². The average Bonchev–Trinajstić information content (AvgIpc) is 2.76. The van der Waals surface area contributed by atoms with E-state index in [9.17, 15) is 4.79 Å². The van der Waals surface area contributed by atoms with Gasteiger partial charge in [-0.15, -0.1) is 0 Å². The Morgan fingerprint density at radius 2 is 1.41 bits per heavy atom. The predicted molar refractivity (Wildman–Crippen MR) is 118 cm³/mol. The molecule has 0 spiro atoms. The molecule has 0 heterocycles. The molecule has 0 bridgehead atoms. The highest BCUT2D eigenvalue weighted by atomic mass is 16.5. The van der Waals surface area contributed by atoms with Crippen LogP contribution in [0.3, 0.4) is 0 Å². The summed E-state index contributed by atoms with van der Waals surface area (Å²) in [5.41, 5.74) is 4.31. The van der Waals surface area contributed by atoms with Gasteiger partial charge in [0.1, 0.15) is 5.75 Å². The van der Waals surface area contributed by atoms with E-state index in [0.29, 0.717) is 5.75 Å². The first-order chi connectivity index (χ1) is 14.1. The van der Waals surface area contributed by atoms with Crippen LogP contribution in [0, 0.1) is 0 Å². The van der Waals surface area contributed by atoms with Crippen LogP contribution in [0.4, 0.5) is 0 Å². The first-order valence-electron chi connectivity index (χ1n) is 9.59. The van der Waals surface area contributed by atoms with Gasteiger partial charge in [0.2, 0.25) is 0 Å². The van der Waals surface area contributed by atoms with Crippen LogP contribution in [0.2, 0.25) is 0 Å². The molecule has 0 saturated carbocycles. The molecule has 1 amide bonds. The van der Waals surface area contributed by atoms with Crippen molar-refractivity contribution in [1.29, 1.82) is 0 Å². The lowest BCUT2D eigenvalue weighted by Crippen LogP contribution is -2.33. The normalized spacial score (nSPS) is 12.7. The summed E-state index contributed by atoms with van der Waals surface area (Å²) in [6.07, 6.45) is -0.663. The summed E-state index contributed by atoms with van der Waals surface area (Å²) in [4.78, 5) is 12.4. The van der Waals surface area contributed by atoms with Gasteiger partial charge < -0.3 is 4.74 Å². The van der Waals surface area contributed by atoms with Crippen molar-refractivity contribution in [2.75, 3.05) is 0 Å². The molecule has 4 heteroatoms. The maximum absolute atomic E-state index is 12.4. The molecular weight excluding hydrogens is 360 g/mol. The molecule has 1 atom stereocenters. The fourth-order valence-electron chi connectivity index (χ4n) is 3.21. The number of ether oxygens (including phenoxy) is 1. The summed E-state index contributed by atoms with van der Waals surface area (Å²) in [6, 6.07) is 28.1. The summed E-state index contributed by atoms with van der Waals surface area (Å²) in [5, 5.41) is 8.76. The Labute approximate surface area is 169 Å². The molecular formula is C25H22N2O2. The van der Waals surface area contributed by atoms with Crippen LogP contribution in [0.25, 0.3) is 21.5 Å². The highest BCUT2D eigenvalue weighted by Gasteiger charge is 2.14. The van der Waals surface area contributed by atoms with Gasteiger partial charge in [0.25, 0.3) is 5.91 Å². The van der Waals surface area contributed by atoms with Gasteiger partial charge >= 0.3 is 0 Å². The SMILES string of the molecule is C/C(=N\NC(=O)C(C)Oc1ccc2ccccc2c1)c1ccc2ccccc2c1. The molecule has 0 saturated heterocycles. The van der Waals surface area contributed by atoms with Crippen LogP contribution in [-0.2, 0) is 4.79 Å². The molecule has 0 aliphatic rings. The molecule has 144 valence electrons. The smallest absolute Gasteiger partial charge is 0.280 e. The number of carbonyl (C=O) groups is 1. The van der Waals surface area contributed by atoms with Crippen molar-refractivity contribution in [1.82, 2.24) is 5.43 Å². The van der Waals surface area contributed by atoms with E-state index in [4.69, 9.17) is 4.74 Å². The Bertz CT molecular complexity index is 1210. The van der Waals surface area contributed by atoms with Crippen molar-refractivity contribution < 1.29 is 9.53 Å². The van der Waals surface area contributed by atoms with Crippen LogP contribution in [0.15, 0.2) is 90.0 Å². The standard InChI is InChI=1S/C25H22N2O2/c1-17(21-12-11-19-7-3-5-9-22(19)15-21)26-27-25(28)18(2)29-24-14-13-20-8-4-6-10-23(20)16-24/h3-16,18H,1-2H3,(H,27,28)/b26-17+. The van der Waals surface area contributed by atoms with Gasteiger partial charge in [0, 0.05) is 0 Å². The Kier molecular flexibility index (Phi) is 5.25. The number of rotatable bonds is 5. The molecule has 1 N–H and O–H groups in total. The fraction of sp³-hybridized carbons (Fsp3) is 0.120. The minimum atomic E-state index is -0.663. The summed E-state index contributed by atoms with van der Waals surface area (Å²) in [7, 11) is 0. The van der Waals surface area contributed by atoms with Crippen LogP contribution >= 0.6 is 0 Å². The number of amides is 1. The molecule has 1 unspecified atom stereocenters. The van der Waals surface area contributed by atoms with Crippen molar-refractivity contribution in [3.63, 3.8) is 0 Å². The first-order valence-corrected chi connectivity index (χ1v) is 9.59. The van der Waals surface area contributed by atoms with Crippen molar-refractivity contribution >= 4 is 33.2 Å². The number of nitrogens with one attached hydrogen (secondary N) is 1. The van der Waals surface area contributed by atoms with E-state index < -0.39 is 6.10 Å². The summed E-state index contributed by atoms with van der Waals surface area (Å²) in [6.45, 7) is 3.59. The topological polar surface area (TPSA) is 50.7 Å². The maximum atomic E-state index is 12.4. The van der Waals surface area contributed by atoms with E-state index >= 15 is 0 Å². The van der Waals surface area contributed by atoms with Gasteiger partial charge in [0.05, 0.1) is 5.71 Å². The molecule has 4 aromatic carbocycles. The van der Waals surface area contributed by atoms with E-state index in [-0.39, 0.29) is 5.91 Å². The molecule has 0 fully saturated rings. The molecule has 4 nitrogen and oxygen atoms in total. The van der Waals surface area contributed by atoms with E-state index in [2.05, 4.69) is 34.8 Å². The quantitative estimate of drug-likeness (QED) is 0.376. The maximum Gasteiger partial charge on any atom is 0.280 e. The van der Waals surface area contributed by atoms with Crippen molar-refractivity contribution in [3.8, 4) is 5.75 Å². The van der Waals surface area contributed by atoms with Crippen molar-refractivity contribution in [3.05, 3.63) is 90.5 Å². The second-order valence-electron chi connectivity index (χ2n) is 7.00. The van der Waals surface area contributed by atoms with E-state index in [1.807, 2.05) is 67.6 Å². The fourth-order valence-corrected chi connectivity index (χ4v) is 3.21. The van der Waals surface area contributed by atoms with Gasteiger partial charge in [-0.3, -0.25) is 4.79 Å². The lowest BCUT2D eigenvalue weighted by atomic mass is 10.0. The monoisotopic (exact) mass is 382 g/mol. The number of benzene rings is 4. The number of hydrogen-bond donors (Lipinski definition) is 1. The number of fused-ring (bicyclic) bond motifs is 2. The number of nitrogens with zero attached hydrogens (tertiary/aromatic N) is 1. The third kappa shape index (κ3) is 4.27. The van der Waals surface area contributed by atoms with Crippen LogP contribution in [-0.4, -0.2) is 17.7 Å². The van der Waals surface area contributed by atoms with E-state index in [1.54, 1.807) is 6.92 Å². The highest BCUT2D eigenvalue weighted by Crippen LogP contribution is 2.21. The van der Waals surface area contributed by atoms with E-state index in [1.165, 1.54) is 5.39 Å². The van der Waals surface area contributed by atoms with Gasteiger partial charge in [-0.25, -0.2) is 5.43 Å². The lowest BCUT2D eigenvalue weighted by molar-refractivity contribution is -0.127. The molecule has 0 radical (unpaired) electrons. The van der Waals surface area contributed by atoms with E-state index in [0.717, 1.165) is 27.4 Å². The highest BCUT2D eigenvalue weighted by molar-refractivity contribution is 6.02. The second-order valence-corrected chi connectivity index (χ2v) is 7.00. The van der Waals surface area contributed by atoms with Gasteiger partial charge in [-0.05, 0) is 59.2 Å². The minimum absolute atomic E-state index is 0.293. The Morgan fingerprint density at radius 3 is 2.10 bits per heavy atom. The third-order valence-corrected chi connectivity index (χ3v) is 4.90. The molecule has 29 heavy (non-hydrogen) atoms. The zero-order valence-electron chi connectivity index (χ0n) is 16.4. The largest absolute Gasteiger partial charge is 0.481 e. The third-order valence-electron chi connectivity index (χ3n) is 4.90. The second kappa shape index (κ2) is 8.15. The molecule has 0 aliphatic carbocycles. The predicted octanol–water partition coefficient (Wildman–Crippen LogP) is 5.30. The number of hydrogen-bond acceptors (Lipinski definition) is 3. The summed E-state index contributed by atoms with van der Waals surface area (Å²) >= 11 is 0. The van der Waals surface area contributed by atoms with Crippen LogP contribution < -0.4 is 10.2 Å². The van der Waals surface area contributed by atoms with Gasteiger partial charge in [-0.2, -0.15) is 5.10 Å². The van der Waals surface area contributed by atoms with Crippen LogP contribution in [0.1, 0.15) is 19.4 Å². The molecule has 4 aromatic rings. The summed E-state index contributed by atoms with van der Waals surface area (Å²) in [5.74, 6) is 0.361. The average molecular weight is 382 g/mol. The Morgan fingerprint density at radius 1 is 0.828 bits per heavy atom. The Hall–Kier alpha value is -3.66.